The maximum atomic E-state index is 12.0. The fraction of sp³-hybridized carbons (Fsp3) is 1.00. The minimum absolute atomic E-state index is 1.23. The summed E-state index contributed by atoms with van der Waals surface area (Å²) in [6.07, 6.45) is -5.72. The van der Waals surface area contributed by atoms with E-state index in [1.807, 2.05) is 0 Å². The molecule has 8 heteroatoms. The molecule has 1 unspecified atom stereocenters. The molecule has 0 N–H and O–H groups in total. The quantitative estimate of drug-likeness (QED) is 0.419. The van der Waals surface area contributed by atoms with E-state index in [2.05, 4.69) is 12.6 Å². The van der Waals surface area contributed by atoms with Gasteiger partial charge in [0.2, 0.25) is 0 Å². The first kappa shape index (κ1) is 11.4. The summed E-state index contributed by atoms with van der Waals surface area (Å²) in [6, 6.07) is 0. The third kappa shape index (κ3) is 2.17. The van der Waals surface area contributed by atoms with Crippen LogP contribution in [0, 0.1) is 0 Å². The lowest BCUT2D eigenvalue weighted by molar-refractivity contribution is -0.234. The molecular weight excluding hydrogens is 262 g/mol. The molecule has 0 saturated heterocycles. The Morgan fingerprint density at radius 1 is 0.909 bits per heavy atom. The first-order chi connectivity index (χ1) is 4.50. The minimum atomic E-state index is -5.72. The van der Waals surface area contributed by atoms with Gasteiger partial charge in [-0.3, -0.25) is 0 Å². The summed E-state index contributed by atoms with van der Waals surface area (Å²) in [4.78, 5) is -4.73. The number of thiol groups is 1. The molecule has 0 aromatic heterocycles. The first-order valence-corrected chi connectivity index (χ1v) is 3.29. The van der Waals surface area contributed by atoms with Crippen LogP contribution in [0.1, 0.15) is 0 Å². The number of hydrogen-bond acceptors (Lipinski definition) is 1. The van der Waals surface area contributed by atoms with Crippen LogP contribution in [-0.2, 0) is 0 Å². The molecule has 1 atom stereocenters. The van der Waals surface area contributed by atoms with Gasteiger partial charge in [-0.25, -0.2) is 4.39 Å². The highest BCUT2D eigenvalue weighted by atomic mass is 79.9. The number of alkyl halides is 7. The Morgan fingerprint density at radius 3 is 1.18 bits per heavy atom. The van der Waals surface area contributed by atoms with E-state index in [0.717, 1.165) is 0 Å². The Labute approximate surface area is 71.5 Å². The fourth-order valence-electron chi connectivity index (χ4n) is 0.161. The summed E-state index contributed by atoms with van der Waals surface area (Å²) in [7, 11) is 0. The summed E-state index contributed by atoms with van der Waals surface area (Å²) in [5, 5.41) is -4.85. The van der Waals surface area contributed by atoms with Crippen LogP contribution >= 0.6 is 28.6 Å². The van der Waals surface area contributed by atoms with Crippen LogP contribution in [0.4, 0.5) is 26.3 Å². The Bertz CT molecular complexity index is 129. The van der Waals surface area contributed by atoms with Crippen LogP contribution in [0.25, 0.3) is 0 Å². The molecule has 0 fully saturated rings. The van der Waals surface area contributed by atoms with Crippen molar-refractivity contribution in [3.63, 3.8) is 0 Å². The predicted molar refractivity (Wildman–Crippen MR) is 32.8 cm³/mol. The smallest absolute Gasteiger partial charge is 0.214 e. The maximum absolute atomic E-state index is 12.0. The Kier molecular flexibility index (Phi) is 2.82. The fourth-order valence-corrected chi connectivity index (χ4v) is 0.386. The first-order valence-electron chi connectivity index (χ1n) is 2.05. The van der Waals surface area contributed by atoms with Crippen molar-refractivity contribution in [2.75, 3.05) is 0 Å². The van der Waals surface area contributed by atoms with Crippen molar-refractivity contribution in [1.82, 2.24) is 0 Å². The van der Waals surface area contributed by atoms with Crippen molar-refractivity contribution in [3.05, 3.63) is 0 Å². The molecule has 0 aromatic rings. The monoisotopic (exact) mass is 262 g/mol. The zero-order valence-electron chi connectivity index (χ0n) is 4.59. The molecule has 0 aliphatic carbocycles. The summed E-state index contributed by atoms with van der Waals surface area (Å²) in [5.74, 6) is 0. The van der Waals surface area contributed by atoms with E-state index in [0.29, 0.717) is 0 Å². The van der Waals surface area contributed by atoms with E-state index in [-0.39, 0.29) is 0 Å². The highest BCUT2D eigenvalue weighted by Gasteiger charge is 2.68. The van der Waals surface area contributed by atoms with Gasteiger partial charge in [-0.2, -0.15) is 22.0 Å². The highest BCUT2D eigenvalue weighted by Crippen LogP contribution is 2.50. The highest BCUT2D eigenvalue weighted by molar-refractivity contribution is 9.10. The average molecular weight is 263 g/mol. The van der Waals surface area contributed by atoms with E-state index < -0.39 is 16.0 Å². The largest absolute Gasteiger partial charge is 0.439 e. The van der Waals surface area contributed by atoms with Gasteiger partial charge in [0.15, 0.2) is 0 Å². The molecule has 0 aliphatic rings. The molecule has 0 rings (SSSR count). The van der Waals surface area contributed by atoms with E-state index in [9.17, 15) is 26.3 Å². The summed E-state index contributed by atoms with van der Waals surface area (Å²) in [5.41, 5.74) is 0. The number of hydrogen-bond donors (Lipinski definition) is 1. The molecule has 0 radical (unpaired) electrons. The lowest BCUT2D eigenvalue weighted by Gasteiger charge is -2.26. The van der Waals surface area contributed by atoms with Crippen molar-refractivity contribution in [2.24, 2.45) is 0 Å². The number of rotatable bonds is 1. The molecule has 0 bridgehead atoms. The second-order valence-electron chi connectivity index (χ2n) is 1.62. The van der Waals surface area contributed by atoms with Crippen LogP contribution in [0.15, 0.2) is 0 Å². The van der Waals surface area contributed by atoms with E-state index >= 15 is 0 Å². The third-order valence-corrected chi connectivity index (χ3v) is 2.14. The topological polar surface area (TPSA) is 0 Å². The van der Waals surface area contributed by atoms with Crippen molar-refractivity contribution >= 4 is 28.6 Å². The van der Waals surface area contributed by atoms with Crippen molar-refractivity contribution < 1.29 is 26.3 Å². The second-order valence-corrected chi connectivity index (χ2v) is 3.23. The molecule has 0 nitrogen and oxygen atoms in total. The van der Waals surface area contributed by atoms with Gasteiger partial charge < -0.3 is 0 Å². The molecular formula is C3HBrF6S. The Hall–Kier alpha value is 0.410. The SMILES string of the molecule is FC(F)(F)C(F)(S)C(F)(F)Br. The van der Waals surface area contributed by atoms with Gasteiger partial charge in [-0.05, 0) is 15.9 Å². The van der Waals surface area contributed by atoms with E-state index in [1.54, 1.807) is 0 Å². The predicted octanol–water partition coefficient (Wildman–Crippen LogP) is 3.13. The van der Waals surface area contributed by atoms with Gasteiger partial charge in [0, 0.05) is 0 Å². The second kappa shape index (κ2) is 2.72. The standard InChI is InChI=1S/C3HBrF6S/c4-2(6,7)1(5,11)3(8,9)10/h11H. The Morgan fingerprint density at radius 2 is 1.18 bits per heavy atom. The molecule has 0 aliphatic heterocycles. The third-order valence-electron chi connectivity index (χ3n) is 0.751. The lowest BCUT2D eigenvalue weighted by Crippen LogP contribution is -2.47. The lowest BCUT2D eigenvalue weighted by atomic mass is 10.4. The van der Waals surface area contributed by atoms with Crippen LogP contribution in [0.3, 0.4) is 0 Å². The molecule has 0 heterocycles. The van der Waals surface area contributed by atoms with Crippen LogP contribution < -0.4 is 0 Å². The Balaban J connectivity index is 4.75. The molecule has 11 heavy (non-hydrogen) atoms. The minimum Gasteiger partial charge on any atom is -0.214 e. The van der Waals surface area contributed by atoms with Crippen LogP contribution in [-0.4, -0.2) is 16.0 Å². The van der Waals surface area contributed by atoms with Crippen molar-refractivity contribution in [3.8, 4) is 0 Å². The molecule has 0 amide bonds. The van der Waals surface area contributed by atoms with Gasteiger partial charge in [0.25, 0.3) is 0 Å². The zero-order valence-corrected chi connectivity index (χ0v) is 7.07. The summed E-state index contributed by atoms with van der Waals surface area (Å²) < 4.78 is 69.6. The van der Waals surface area contributed by atoms with E-state index in [1.165, 1.54) is 15.9 Å². The van der Waals surface area contributed by atoms with Gasteiger partial charge >= 0.3 is 16.0 Å². The summed E-state index contributed by atoms with van der Waals surface area (Å²) >= 11 is 3.39. The van der Waals surface area contributed by atoms with Gasteiger partial charge in [0.1, 0.15) is 0 Å². The van der Waals surface area contributed by atoms with Gasteiger partial charge in [0.05, 0.1) is 0 Å². The zero-order chi connectivity index (χ0) is 9.50. The van der Waals surface area contributed by atoms with Gasteiger partial charge in [-0.15, -0.1) is 12.6 Å². The number of halogens is 7. The van der Waals surface area contributed by atoms with Crippen LogP contribution in [0.2, 0.25) is 0 Å². The molecule has 0 spiro atoms. The normalized spacial score (nSPS) is 19.6. The van der Waals surface area contributed by atoms with Crippen LogP contribution in [0.5, 0.6) is 0 Å². The van der Waals surface area contributed by atoms with Crippen molar-refractivity contribution in [2.45, 2.75) is 16.0 Å². The summed E-state index contributed by atoms with van der Waals surface area (Å²) in [6.45, 7) is 0. The molecule has 68 valence electrons. The van der Waals surface area contributed by atoms with Gasteiger partial charge in [-0.1, -0.05) is 0 Å². The average Bonchev–Trinajstić information content (AvgIpc) is 1.58. The van der Waals surface area contributed by atoms with Crippen molar-refractivity contribution in [1.29, 1.82) is 0 Å². The molecule has 0 saturated carbocycles. The molecule has 0 aromatic carbocycles. The van der Waals surface area contributed by atoms with E-state index in [4.69, 9.17) is 0 Å². The maximum Gasteiger partial charge on any atom is 0.439 e.